The molecule has 1 aliphatic rings. The van der Waals surface area contributed by atoms with Crippen LogP contribution in [-0.2, 0) is 16.1 Å². The number of rotatable bonds is 12. The number of carbonyl (C=O) groups is 2. The minimum absolute atomic E-state index is 0.0201. The minimum atomic E-state index is -0.476. The van der Waals surface area contributed by atoms with Gasteiger partial charge in [-0.15, -0.1) is 0 Å². The van der Waals surface area contributed by atoms with E-state index in [2.05, 4.69) is 11.4 Å². The molecule has 2 aromatic rings. The van der Waals surface area contributed by atoms with Crippen LogP contribution in [0, 0.1) is 6.92 Å². The molecule has 0 spiro atoms. The van der Waals surface area contributed by atoms with E-state index in [0.717, 1.165) is 48.3 Å². The molecule has 184 valence electrons. The first kappa shape index (κ1) is 25.6. The Balaban J connectivity index is 1.63. The summed E-state index contributed by atoms with van der Waals surface area (Å²) < 4.78 is 11.0. The summed E-state index contributed by atoms with van der Waals surface area (Å²) in [6, 6.07) is 15.3. The summed E-state index contributed by atoms with van der Waals surface area (Å²) in [5.41, 5.74) is 2.18. The fourth-order valence-electron chi connectivity index (χ4n) is 4.52. The molecule has 0 radical (unpaired) electrons. The monoisotopic (exact) mass is 466 g/mol. The van der Waals surface area contributed by atoms with Crippen molar-refractivity contribution in [3.8, 4) is 11.5 Å². The lowest BCUT2D eigenvalue weighted by atomic mass is 10.1. The molecule has 1 fully saturated rings. The van der Waals surface area contributed by atoms with E-state index in [-0.39, 0.29) is 17.9 Å². The molecular weight excluding hydrogens is 428 g/mol. The third-order valence-electron chi connectivity index (χ3n) is 6.39. The van der Waals surface area contributed by atoms with Crippen LogP contribution in [0.5, 0.6) is 11.5 Å². The number of nitrogens with zero attached hydrogens (tertiary/aromatic N) is 1. The van der Waals surface area contributed by atoms with Crippen molar-refractivity contribution in [1.82, 2.24) is 10.2 Å². The van der Waals surface area contributed by atoms with Crippen molar-refractivity contribution < 1.29 is 19.1 Å². The Morgan fingerprint density at radius 3 is 2.44 bits per heavy atom. The maximum Gasteiger partial charge on any atom is 0.243 e. The van der Waals surface area contributed by atoms with Crippen LogP contribution in [0.25, 0.3) is 0 Å². The lowest BCUT2D eigenvalue weighted by molar-refractivity contribution is -0.141. The maximum absolute atomic E-state index is 13.3. The molecule has 1 atom stereocenters. The number of ether oxygens (including phenoxy) is 2. The molecule has 6 heteroatoms. The van der Waals surface area contributed by atoms with Crippen molar-refractivity contribution in [1.29, 1.82) is 0 Å². The number of hydrogen-bond acceptors (Lipinski definition) is 4. The Bertz CT molecular complexity index is 922. The lowest BCUT2D eigenvalue weighted by Crippen LogP contribution is -2.50. The molecule has 2 amide bonds. The quantitative estimate of drug-likeness (QED) is 0.446. The fraction of sp³-hybridized carbons (Fsp3) is 0.500. The smallest absolute Gasteiger partial charge is 0.243 e. The third kappa shape index (κ3) is 7.51. The summed E-state index contributed by atoms with van der Waals surface area (Å²) in [5.74, 6) is 1.46. The zero-order valence-corrected chi connectivity index (χ0v) is 20.7. The van der Waals surface area contributed by atoms with Crippen LogP contribution < -0.4 is 14.8 Å². The van der Waals surface area contributed by atoms with Gasteiger partial charge in [0.05, 0.1) is 13.7 Å². The van der Waals surface area contributed by atoms with Gasteiger partial charge in [-0.25, -0.2) is 0 Å². The van der Waals surface area contributed by atoms with Gasteiger partial charge in [0.25, 0.3) is 0 Å². The second-order valence-corrected chi connectivity index (χ2v) is 9.05. The van der Waals surface area contributed by atoms with Gasteiger partial charge >= 0.3 is 0 Å². The third-order valence-corrected chi connectivity index (χ3v) is 6.39. The Morgan fingerprint density at radius 2 is 1.79 bits per heavy atom. The average Bonchev–Trinajstić information content (AvgIpc) is 3.35. The van der Waals surface area contributed by atoms with Crippen molar-refractivity contribution in [2.45, 2.75) is 77.4 Å². The summed E-state index contributed by atoms with van der Waals surface area (Å²) in [6.07, 6.45) is 5.85. The highest BCUT2D eigenvalue weighted by Gasteiger charge is 2.30. The lowest BCUT2D eigenvalue weighted by Gasteiger charge is -2.31. The first-order chi connectivity index (χ1) is 16.5. The molecular formula is C28H38N2O4. The van der Waals surface area contributed by atoms with Crippen molar-refractivity contribution in [3.05, 3.63) is 59.7 Å². The summed E-state index contributed by atoms with van der Waals surface area (Å²) in [6.45, 7) is 4.87. The van der Waals surface area contributed by atoms with E-state index >= 15 is 0 Å². The van der Waals surface area contributed by atoms with Crippen LogP contribution in [0.2, 0.25) is 0 Å². The van der Waals surface area contributed by atoms with Crippen LogP contribution in [0.1, 0.15) is 63.0 Å². The molecule has 0 aromatic heterocycles. The zero-order valence-electron chi connectivity index (χ0n) is 20.7. The Kier molecular flexibility index (Phi) is 9.80. The van der Waals surface area contributed by atoms with E-state index in [1.165, 1.54) is 0 Å². The predicted octanol–water partition coefficient (Wildman–Crippen LogP) is 5.03. The highest BCUT2D eigenvalue weighted by atomic mass is 16.5. The molecule has 0 unspecified atom stereocenters. The van der Waals surface area contributed by atoms with Crippen molar-refractivity contribution in [2.75, 3.05) is 13.7 Å². The van der Waals surface area contributed by atoms with Gasteiger partial charge in [-0.2, -0.15) is 0 Å². The van der Waals surface area contributed by atoms with Gasteiger partial charge in [-0.1, -0.05) is 49.6 Å². The Hall–Kier alpha value is -3.02. The SMILES string of the molecule is CC[C@H](C(=O)NC1CCCC1)N(Cc1cccc(C)c1)C(=O)CCCOc1ccc(OC)cc1. The number of methoxy groups -OCH3 is 1. The first-order valence-electron chi connectivity index (χ1n) is 12.4. The zero-order chi connectivity index (χ0) is 24.3. The number of hydrogen-bond donors (Lipinski definition) is 1. The van der Waals surface area contributed by atoms with E-state index in [4.69, 9.17) is 9.47 Å². The second kappa shape index (κ2) is 13.0. The maximum atomic E-state index is 13.3. The van der Waals surface area contributed by atoms with Crippen molar-refractivity contribution in [3.63, 3.8) is 0 Å². The molecule has 1 aliphatic carbocycles. The number of nitrogens with one attached hydrogen (secondary N) is 1. The van der Waals surface area contributed by atoms with Gasteiger partial charge in [0.15, 0.2) is 0 Å². The average molecular weight is 467 g/mol. The normalized spacial score (nSPS) is 14.4. The van der Waals surface area contributed by atoms with Crippen LogP contribution in [0.4, 0.5) is 0 Å². The summed E-state index contributed by atoms with van der Waals surface area (Å²) in [4.78, 5) is 28.3. The summed E-state index contributed by atoms with van der Waals surface area (Å²) in [7, 11) is 1.63. The molecule has 1 N–H and O–H groups in total. The van der Waals surface area contributed by atoms with Crippen molar-refractivity contribution >= 4 is 11.8 Å². The van der Waals surface area contributed by atoms with Gasteiger partial charge < -0.3 is 19.7 Å². The summed E-state index contributed by atoms with van der Waals surface area (Å²) in [5, 5.41) is 3.19. The molecule has 34 heavy (non-hydrogen) atoms. The fourth-order valence-corrected chi connectivity index (χ4v) is 4.52. The van der Waals surface area contributed by atoms with E-state index in [9.17, 15) is 9.59 Å². The van der Waals surface area contributed by atoms with Crippen molar-refractivity contribution in [2.24, 2.45) is 0 Å². The van der Waals surface area contributed by atoms with Crippen LogP contribution in [-0.4, -0.2) is 42.5 Å². The highest BCUT2D eigenvalue weighted by Crippen LogP contribution is 2.21. The van der Waals surface area contributed by atoms with Crippen LogP contribution >= 0.6 is 0 Å². The predicted molar refractivity (Wildman–Crippen MR) is 134 cm³/mol. The second-order valence-electron chi connectivity index (χ2n) is 9.05. The largest absolute Gasteiger partial charge is 0.497 e. The van der Waals surface area contributed by atoms with Crippen LogP contribution in [0.15, 0.2) is 48.5 Å². The van der Waals surface area contributed by atoms with E-state index in [1.54, 1.807) is 12.0 Å². The van der Waals surface area contributed by atoms with E-state index < -0.39 is 6.04 Å². The molecule has 1 saturated carbocycles. The van der Waals surface area contributed by atoms with Gasteiger partial charge in [-0.3, -0.25) is 9.59 Å². The van der Waals surface area contributed by atoms with Gasteiger partial charge in [0, 0.05) is 19.0 Å². The van der Waals surface area contributed by atoms with Gasteiger partial charge in [0.2, 0.25) is 11.8 Å². The molecule has 6 nitrogen and oxygen atoms in total. The Morgan fingerprint density at radius 1 is 1.09 bits per heavy atom. The van der Waals surface area contributed by atoms with Gasteiger partial charge in [0.1, 0.15) is 17.5 Å². The molecule has 0 bridgehead atoms. The number of aryl methyl sites for hydroxylation is 1. The molecule has 0 saturated heterocycles. The highest BCUT2D eigenvalue weighted by molar-refractivity contribution is 5.87. The molecule has 2 aromatic carbocycles. The van der Waals surface area contributed by atoms with Gasteiger partial charge in [-0.05, 0) is 62.4 Å². The minimum Gasteiger partial charge on any atom is -0.497 e. The number of amides is 2. The summed E-state index contributed by atoms with van der Waals surface area (Å²) >= 11 is 0. The molecule has 0 aliphatic heterocycles. The number of benzene rings is 2. The van der Waals surface area contributed by atoms with E-state index in [1.807, 2.05) is 56.3 Å². The Labute approximate surface area is 203 Å². The topological polar surface area (TPSA) is 67.9 Å². The molecule has 0 heterocycles. The first-order valence-corrected chi connectivity index (χ1v) is 12.4. The standard InChI is InChI=1S/C28H38N2O4/c1-4-26(28(32)29-23-11-5-6-12-23)30(20-22-10-7-9-21(2)19-22)27(31)13-8-18-34-25-16-14-24(33-3)15-17-25/h7,9-10,14-17,19,23,26H,4-6,8,11-13,18,20H2,1-3H3,(H,29,32)/t26-/m1/s1. The van der Waals surface area contributed by atoms with E-state index in [0.29, 0.717) is 32.4 Å². The van der Waals surface area contributed by atoms with Crippen LogP contribution in [0.3, 0.4) is 0 Å². The number of carbonyl (C=O) groups excluding carboxylic acids is 2. The molecule has 3 rings (SSSR count).